The molecule has 0 aliphatic heterocycles. The number of ketones is 2. The molecule has 0 bridgehead atoms. The Hall–Kier alpha value is -7.91. The Morgan fingerprint density at radius 3 is 1.59 bits per heavy atom. The summed E-state index contributed by atoms with van der Waals surface area (Å²) in [4.78, 5) is 97.3. The van der Waals surface area contributed by atoms with Crippen LogP contribution in [0.4, 0.5) is 24.1 Å². The van der Waals surface area contributed by atoms with E-state index >= 15 is 0 Å². The van der Waals surface area contributed by atoms with Crippen molar-refractivity contribution >= 4 is 102 Å². The molecule has 11 rings (SSSR count). The molecule has 27 heteroatoms. The summed E-state index contributed by atoms with van der Waals surface area (Å²) in [6, 6.07) is 38.6. The summed E-state index contributed by atoms with van der Waals surface area (Å²) in [5.74, 6) is -0.560. The third-order valence-electron chi connectivity index (χ3n) is 13.8. The molecule has 20 nitrogen and oxygen atoms in total. The highest BCUT2D eigenvalue weighted by atomic mass is 33.1. The van der Waals surface area contributed by atoms with Crippen molar-refractivity contribution in [2.24, 2.45) is 0 Å². The van der Waals surface area contributed by atoms with E-state index in [-0.39, 0.29) is 52.0 Å². The molecule has 476 valence electrons. The Labute approximate surface area is 538 Å². The number of halogens is 2. The molecule has 0 radical (unpaired) electrons. The van der Waals surface area contributed by atoms with Crippen LogP contribution in [-0.2, 0) is 40.0 Å². The summed E-state index contributed by atoms with van der Waals surface area (Å²) in [5, 5.41) is 17.4. The third-order valence-corrected chi connectivity index (χ3v) is 19.3. The maximum absolute atomic E-state index is 14.2. The van der Waals surface area contributed by atoms with Gasteiger partial charge >= 0.3 is 20.1 Å². The van der Waals surface area contributed by atoms with Gasteiger partial charge in [-0.2, -0.15) is 0 Å². The second-order valence-corrected chi connectivity index (χ2v) is 27.2. The van der Waals surface area contributed by atoms with Gasteiger partial charge in [-0.25, -0.2) is 32.9 Å². The van der Waals surface area contributed by atoms with Gasteiger partial charge in [0.25, 0.3) is 5.69 Å². The van der Waals surface area contributed by atoms with Crippen molar-refractivity contribution in [2.75, 3.05) is 27.3 Å². The van der Waals surface area contributed by atoms with E-state index in [4.69, 9.17) is 33.5 Å². The van der Waals surface area contributed by atoms with Gasteiger partial charge in [0.2, 0.25) is 0 Å². The lowest BCUT2D eigenvalue weighted by molar-refractivity contribution is -0.384. The molecule has 1 amide bonds. The molecular formula is C64H64F2N7O13PS4. The largest absolute Gasteiger partial charge is 0.513 e. The Kier molecular flexibility index (Phi) is 24.9. The number of nitrogens with zero attached hydrogens (tertiary/aromatic N) is 4. The molecule has 5 aromatic carbocycles. The molecule has 2 aliphatic rings. The molecule has 0 spiro atoms. The van der Waals surface area contributed by atoms with Gasteiger partial charge in [-0.3, -0.25) is 19.7 Å². The number of nitrogens with one attached hydrogen (secondary N) is 3. The first-order valence-electron chi connectivity index (χ1n) is 28.4. The van der Waals surface area contributed by atoms with Gasteiger partial charge in [0.1, 0.15) is 40.6 Å². The average molecular weight is 1340 g/mol. The molecule has 9 aromatic rings. The number of hydrogen-bond acceptors (Lipinski definition) is 17. The number of nitro benzene ring substituents is 1. The van der Waals surface area contributed by atoms with Crippen LogP contribution in [0.2, 0.25) is 0 Å². The van der Waals surface area contributed by atoms with Gasteiger partial charge in [0.05, 0.1) is 4.92 Å². The number of aromatic amines is 2. The van der Waals surface area contributed by atoms with Crippen LogP contribution in [0.1, 0.15) is 82.5 Å². The smallest absolute Gasteiger partial charge is 0.448 e. The first-order valence-corrected chi connectivity index (χ1v) is 34.4. The molecule has 0 unspecified atom stereocenters. The number of phosphoric acid groups is 1. The number of aromatic nitrogens is 4. The van der Waals surface area contributed by atoms with Crippen LogP contribution in [0.25, 0.3) is 44.3 Å². The van der Waals surface area contributed by atoms with Crippen molar-refractivity contribution in [1.82, 2.24) is 30.2 Å². The third kappa shape index (κ3) is 20.3. The van der Waals surface area contributed by atoms with Crippen LogP contribution in [-0.4, -0.2) is 106 Å². The fourth-order valence-corrected chi connectivity index (χ4v) is 13.5. The maximum Gasteiger partial charge on any atom is 0.513 e. The molecule has 0 saturated carbocycles. The highest BCUT2D eigenvalue weighted by Crippen LogP contribution is 2.40. The normalized spacial score (nSPS) is 13.2. The minimum atomic E-state index is -4.64. The number of rotatable bonds is 18. The lowest BCUT2D eigenvalue weighted by atomic mass is 9.99. The van der Waals surface area contributed by atoms with E-state index in [9.17, 15) is 38.1 Å². The number of aryl methyl sites for hydroxylation is 2. The Bertz CT molecular complexity index is 4030. The van der Waals surface area contributed by atoms with Gasteiger partial charge in [-0.15, -0.1) is 0 Å². The highest BCUT2D eigenvalue weighted by Gasteiger charge is 2.26. The van der Waals surface area contributed by atoms with Crippen molar-refractivity contribution in [1.29, 1.82) is 0 Å². The van der Waals surface area contributed by atoms with Gasteiger partial charge in [-0.1, -0.05) is 82.3 Å². The summed E-state index contributed by atoms with van der Waals surface area (Å²) in [6.45, 7) is 5.65. The van der Waals surface area contributed by atoms with E-state index in [1.807, 2.05) is 81.6 Å². The molecule has 0 saturated heterocycles. The van der Waals surface area contributed by atoms with Crippen LogP contribution in [0.5, 0.6) is 5.75 Å². The number of H-pyrrole nitrogens is 2. The number of hydrogen-bond donors (Lipinski definition) is 6. The number of ether oxygens (including phenoxy) is 3. The Morgan fingerprint density at radius 2 is 1.15 bits per heavy atom. The van der Waals surface area contributed by atoms with Crippen LogP contribution < -0.4 is 10.1 Å². The maximum atomic E-state index is 14.2. The quantitative estimate of drug-likeness (QED) is 0.0116. The number of pyridine rings is 2. The van der Waals surface area contributed by atoms with Gasteiger partial charge in [-0.05, 0) is 162 Å². The van der Waals surface area contributed by atoms with Crippen LogP contribution in [0.3, 0.4) is 0 Å². The lowest BCUT2D eigenvalue weighted by Crippen LogP contribution is -2.28. The predicted octanol–water partition coefficient (Wildman–Crippen LogP) is 14.9. The monoisotopic (exact) mass is 1340 g/mol. The summed E-state index contributed by atoms with van der Waals surface area (Å²) in [7, 11) is 5.21. The fourth-order valence-electron chi connectivity index (χ4n) is 9.75. The highest BCUT2D eigenvalue weighted by molar-refractivity contribution is 8.77. The lowest BCUT2D eigenvalue weighted by Gasteiger charge is -2.19. The number of nitro groups is 1. The van der Waals surface area contributed by atoms with Crippen molar-refractivity contribution < 1.29 is 66.3 Å². The average Bonchev–Trinajstić information content (AvgIpc) is 1.62. The van der Waals surface area contributed by atoms with E-state index in [1.165, 1.54) is 75.7 Å². The SMILES string of the molecule is CNCc1ccc(-c2[nH]c3cc(F)cc4c3c2CCCC4=O)cc1.C[C@H](COC(=O)N(C)Cc1ccc(-c2[nH]c3cc(F)cc4c3c2CCCC4=O)cc1)SSc1ccccn1.C[C@H](COC(=O)Oc1ccc([N+](=O)[O-])cc1)SSc1ccccn1.O=P(O)(O)O. The Morgan fingerprint density at radius 1 is 0.692 bits per heavy atom. The van der Waals surface area contributed by atoms with Gasteiger partial charge < -0.3 is 49.1 Å². The molecule has 2 aliphatic carbocycles. The number of benzene rings is 5. The second kappa shape index (κ2) is 32.9. The number of carbonyl (C=O) groups is 4. The molecule has 91 heavy (non-hydrogen) atoms. The van der Waals surface area contributed by atoms with Crippen molar-refractivity contribution in [3.63, 3.8) is 0 Å². The van der Waals surface area contributed by atoms with Crippen molar-refractivity contribution in [3.05, 3.63) is 201 Å². The molecule has 4 aromatic heterocycles. The van der Waals surface area contributed by atoms with Crippen molar-refractivity contribution in [3.8, 4) is 28.3 Å². The van der Waals surface area contributed by atoms with E-state index in [0.717, 1.165) is 92.3 Å². The number of Topliss-reactive ketones (excluding diaryl/α,β-unsaturated/α-hetero) is 2. The molecule has 2 atom stereocenters. The van der Waals surface area contributed by atoms with E-state index in [2.05, 4.69) is 49.5 Å². The summed E-state index contributed by atoms with van der Waals surface area (Å²) in [6.07, 6.45) is 6.27. The minimum Gasteiger partial charge on any atom is -0.448 e. The minimum absolute atomic E-state index is 0.0102. The van der Waals surface area contributed by atoms with E-state index in [1.54, 1.807) is 45.9 Å². The first kappa shape index (κ1) is 69.0. The zero-order chi connectivity index (χ0) is 65.2. The van der Waals surface area contributed by atoms with E-state index < -0.39 is 24.7 Å². The molecule has 4 heterocycles. The summed E-state index contributed by atoms with van der Waals surface area (Å²) < 4.78 is 52.5. The Balaban J connectivity index is 0.000000176. The van der Waals surface area contributed by atoms with Crippen LogP contribution >= 0.6 is 51.0 Å². The molecular weight excluding hydrogens is 1270 g/mol. The number of non-ortho nitro benzene ring substituents is 1. The summed E-state index contributed by atoms with van der Waals surface area (Å²) >= 11 is 0. The van der Waals surface area contributed by atoms with Crippen LogP contribution in [0.15, 0.2) is 156 Å². The molecule has 6 N–H and O–H groups in total. The van der Waals surface area contributed by atoms with Gasteiger partial charge in [0, 0.05) is 112 Å². The molecule has 0 fully saturated rings. The standard InChI is InChI=1S/C29H28FN3O3S2.C20H19FN2O.C15H14N2O5S2.H3O4P/c1-18(37-38-26-8-3-4-13-31-26)17-36-29(35)33(2)16-19-9-11-20(12-10-19)28-22-6-5-7-25(34)23-14-21(30)15-24(32-28)27(22)23;1-22-11-12-5-7-13(8-6-12)20-15-3-2-4-18(24)16-9-14(21)10-17(23-20)19(15)16;1-11(23-24-14-4-2-3-9-16-14)10-21-15(18)22-13-7-5-12(6-8-13)17(19)20;1-5(2,3)4/h3-4,8-15,18,32H,5-7,16-17H2,1-2H3;5-10,22-23H,2-4,11H2,1H3;2-9,11H,10H2,1H3;(H3,1,2,3,4)/t18-;;11-;/m1.1./s1. The van der Waals surface area contributed by atoms with Gasteiger partial charge in [0.15, 0.2) is 11.6 Å². The first-order chi connectivity index (χ1) is 43.6. The number of amides is 1. The van der Waals surface area contributed by atoms with E-state index in [0.29, 0.717) is 48.2 Å². The summed E-state index contributed by atoms with van der Waals surface area (Å²) in [5.41, 5.74) is 10.6. The predicted molar refractivity (Wildman–Crippen MR) is 351 cm³/mol. The second-order valence-electron chi connectivity index (χ2n) is 20.9. The topological polar surface area (TPSA) is 289 Å². The number of carbonyl (C=O) groups excluding carboxylic acids is 4. The van der Waals surface area contributed by atoms with Crippen molar-refractivity contribution in [2.45, 2.75) is 86.0 Å². The fraction of sp³-hybridized carbons (Fsp3) is 0.250. The zero-order valence-electron chi connectivity index (χ0n) is 49.6. The van der Waals surface area contributed by atoms with Crippen LogP contribution in [0, 0.1) is 21.7 Å². The zero-order valence-corrected chi connectivity index (χ0v) is 53.8.